The first-order chi connectivity index (χ1) is 12.7. The summed E-state index contributed by atoms with van der Waals surface area (Å²) in [4.78, 5) is 49.7. The fourth-order valence-corrected chi connectivity index (χ4v) is 3.09. The van der Waals surface area contributed by atoms with Crippen molar-refractivity contribution < 1.29 is 23.9 Å². The summed E-state index contributed by atoms with van der Waals surface area (Å²) in [6, 6.07) is 6.58. The van der Waals surface area contributed by atoms with Crippen molar-refractivity contribution in [3.63, 3.8) is 0 Å². The van der Waals surface area contributed by atoms with Gasteiger partial charge < -0.3 is 15.4 Å². The maximum absolute atomic E-state index is 12.5. The number of carbonyl (C=O) groups excluding carboxylic acids is 4. The van der Waals surface area contributed by atoms with Crippen LogP contribution < -0.4 is 10.6 Å². The lowest BCUT2D eigenvalue weighted by Gasteiger charge is -2.21. The van der Waals surface area contributed by atoms with Crippen molar-refractivity contribution in [3.05, 3.63) is 29.8 Å². The summed E-state index contributed by atoms with van der Waals surface area (Å²) in [6.45, 7) is 4.52. The number of hydrogen-bond donors (Lipinski definition) is 2. The third-order valence-electron chi connectivity index (χ3n) is 4.98. The van der Waals surface area contributed by atoms with E-state index in [1.807, 2.05) is 19.1 Å². The first-order valence-corrected chi connectivity index (χ1v) is 8.92. The van der Waals surface area contributed by atoms with E-state index >= 15 is 0 Å². The van der Waals surface area contributed by atoms with Crippen molar-refractivity contribution >= 4 is 29.5 Å². The van der Waals surface area contributed by atoms with Crippen LogP contribution in [0.15, 0.2) is 24.3 Å². The van der Waals surface area contributed by atoms with Gasteiger partial charge in [0, 0.05) is 5.69 Å². The van der Waals surface area contributed by atoms with E-state index in [0.29, 0.717) is 5.69 Å². The molecule has 0 unspecified atom stereocenters. The van der Waals surface area contributed by atoms with Gasteiger partial charge >= 0.3 is 12.0 Å². The molecule has 4 amide bonds. The Bertz CT molecular complexity index is 787. The topological polar surface area (TPSA) is 105 Å². The van der Waals surface area contributed by atoms with E-state index in [1.165, 1.54) is 6.92 Å². The summed E-state index contributed by atoms with van der Waals surface area (Å²) in [5.74, 6) is -1.63. The zero-order valence-corrected chi connectivity index (χ0v) is 15.6. The lowest BCUT2D eigenvalue weighted by atomic mass is 9.96. The van der Waals surface area contributed by atoms with E-state index in [4.69, 9.17) is 4.74 Å². The number of benzene rings is 1. The highest BCUT2D eigenvalue weighted by molar-refractivity contribution is 6.09. The van der Waals surface area contributed by atoms with E-state index in [0.717, 1.165) is 23.3 Å². The fourth-order valence-electron chi connectivity index (χ4n) is 3.09. The first-order valence-electron chi connectivity index (χ1n) is 8.92. The molecule has 0 bridgehead atoms. The molecule has 2 aliphatic rings. The number of amides is 4. The minimum absolute atomic E-state index is 0.106. The molecule has 1 aromatic carbocycles. The molecule has 3 rings (SSSR count). The third-order valence-corrected chi connectivity index (χ3v) is 4.98. The molecule has 1 saturated heterocycles. The van der Waals surface area contributed by atoms with Crippen LogP contribution in [0.2, 0.25) is 0 Å². The summed E-state index contributed by atoms with van der Waals surface area (Å²) < 4.78 is 5.09. The van der Waals surface area contributed by atoms with Crippen LogP contribution >= 0.6 is 0 Å². The van der Waals surface area contributed by atoms with Crippen LogP contribution in [0.1, 0.15) is 32.3 Å². The summed E-state index contributed by atoms with van der Waals surface area (Å²) in [5, 5.41) is 5.31. The Kier molecular flexibility index (Phi) is 4.91. The minimum atomic E-state index is -1.06. The predicted molar refractivity (Wildman–Crippen MR) is 96.7 cm³/mol. The Hall–Kier alpha value is -2.90. The number of urea groups is 1. The van der Waals surface area contributed by atoms with Crippen molar-refractivity contribution in [3.8, 4) is 0 Å². The maximum atomic E-state index is 12.5. The molecule has 1 aliphatic heterocycles. The van der Waals surface area contributed by atoms with Crippen molar-refractivity contribution in [2.24, 2.45) is 5.92 Å². The van der Waals surface area contributed by atoms with Gasteiger partial charge in [-0.25, -0.2) is 4.79 Å². The van der Waals surface area contributed by atoms with Crippen LogP contribution in [-0.2, 0) is 19.1 Å². The molecule has 1 saturated carbocycles. The van der Waals surface area contributed by atoms with Gasteiger partial charge in [-0.15, -0.1) is 0 Å². The third kappa shape index (κ3) is 3.94. The normalized spacial score (nSPS) is 23.0. The second-order valence-corrected chi connectivity index (χ2v) is 7.29. The van der Waals surface area contributed by atoms with Crippen molar-refractivity contribution in [2.75, 3.05) is 11.9 Å². The molecular weight excluding hydrogens is 350 g/mol. The van der Waals surface area contributed by atoms with Crippen molar-refractivity contribution in [1.82, 2.24) is 10.2 Å². The van der Waals surface area contributed by atoms with Crippen LogP contribution in [0.25, 0.3) is 0 Å². The molecule has 144 valence electrons. The first kappa shape index (κ1) is 18.9. The predicted octanol–water partition coefficient (Wildman–Crippen LogP) is 1.59. The number of aryl methyl sites for hydroxylation is 1. The average molecular weight is 373 g/mol. The molecular formula is C19H23N3O5. The summed E-state index contributed by atoms with van der Waals surface area (Å²) >= 11 is 0. The van der Waals surface area contributed by atoms with Gasteiger partial charge in [-0.2, -0.15) is 0 Å². The summed E-state index contributed by atoms with van der Waals surface area (Å²) in [6.07, 6.45) is 0.683. The number of rotatable bonds is 6. The van der Waals surface area contributed by atoms with Crippen LogP contribution in [0.3, 0.4) is 0 Å². The van der Waals surface area contributed by atoms with E-state index < -0.39 is 42.0 Å². The van der Waals surface area contributed by atoms with E-state index in [2.05, 4.69) is 10.6 Å². The smallest absolute Gasteiger partial charge is 0.327 e. The number of imide groups is 1. The molecule has 0 aromatic heterocycles. The molecule has 1 aromatic rings. The van der Waals surface area contributed by atoms with Crippen LogP contribution in [-0.4, -0.2) is 46.9 Å². The number of anilines is 1. The van der Waals surface area contributed by atoms with Gasteiger partial charge in [0.05, 0.1) is 0 Å². The van der Waals surface area contributed by atoms with Gasteiger partial charge in [-0.05, 0) is 51.7 Å². The highest BCUT2D eigenvalue weighted by atomic mass is 16.5. The second kappa shape index (κ2) is 7.02. The van der Waals surface area contributed by atoms with Gasteiger partial charge in [0.1, 0.15) is 12.1 Å². The molecule has 27 heavy (non-hydrogen) atoms. The highest BCUT2D eigenvalue weighted by Gasteiger charge is 2.56. The van der Waals surface area contributed by atoms with Crippen LogP contribution in [0, 0.1) is 12.8 Å². The molecule has 2 atom stereocenters. The molecule has 1 heterocycles. The van der Waals surface area contributed by atoms with Crippen LogP contribution in [0.4, 0.5) is 10.5 Å². The number of ether oxygens (including phenoxy) is 1. The quantitative estimate of drug-likeness (QED) is 0.582. The summed E-state index contributed by atoms with van der Waals surface area (Å²) in [7, 11) is 0. The minimum Gasteiger partial charge on any atom is -0.451 e. The molecule has 2 N–H and O–H groups in total. The largest absolute Gasteiger partial charge is 0.451 e. The van der Waals surface area contributed by atoms with E-state index in [-0.39, 0.29) is 5.92 Å². The van der Waals surface area contributed by atoms with Gasteiger partial charge in [-0.1, -0.05) is 17.7 Å². The molecule has 2 fully saturated rings. The second-order valence-electron chi connectivity index (χ2n) is 7.29. The Morgan fingerprint density at radius 2 is 1.93 bits per heavy atom. The Balaban J connectivity index is 1.54. The average Bonchev–Trinajstić information content (AvgIpc) is 3.43. The fraction of sp³-hybridized carbons (Fsp3) is 0.474. The molecule has 1 aliphatic carbocycles. The van der Waals surface area contributed by atoms with Gasteiger partial charge in [0.15, 0.2) is 6.10 Å². The zero-order valence-electron chi connectivity index (χ0n) is 15.6. The Morgan fingerprint density at radius 1 is 1.30 bits per heavy atom. The van der Waals surface area contributed by atoms with Crippen molar-refractivity contribution in [2.45, 2.75) is 45.3 Å². The van der Waals surface area contributed by atoms with Gasteiger partial charge in [-0.3, -0.25) is 19.3 Å². The molecule has 8 nitrogen and oxygen atoms in total. The molecule has 0 spiro atoms. The van der Waals surface area contributed by atoms with Crippen LogP contribution in [0.5, 0.6) is 0 Å². The maximum Gasteiger partial charge on any atom is 0.327 e. The SMILES string of the molecule is Cc1ccc(NC(=O)[C@@H](C)OC(=O)CN2C(=O)N[C@](C)(C3CC3)C2=O)cc1. The van der Waals surface area contributed by atoms with Gasteiger partial charge in [0.25, 0.3) is 11.8 Å². The summed E-state index contributed by atoms with van der Waals surface area (Å²) in [5.41, 5.74) is 0.688. The van der Waals surface area contributed by atoms with E-state index in [9.17, 15) is 19.2 Å². The Labute approximate surface area is 157 Å². The number of esters is 1. The highest BCUT2D eigenvalue weighted by Crippen LogP contribution is 2.42. The number of nitrogens with zero attached hydrogens (tertiary/aromatic N) is 1. The number of carbonyl (C=O) groups is 4. The standard InChI is InChI=1S/C19H23N3O5/c1-11-4-8-14(9-5-11)20-16(24)12(2)27-15(23)10-22-17(25)19(3,13-6-7-13)21-18(22)26/h4-5,8-9,12-13H,6-7,10H2,1-3H3,(H,20,24)(H,21,26)/t12-,19-/m1/s1. The molecule has 0 radical (unpaired) electrons. The number of nitrogens with one attached hydrogen (secondary N) is 2. The van der Waals surface area contributed by atoms with Gasteiger partial charge in [0.2, 0.25) is 0 Å². The zero-order chi connectivity index (χ0) is 19.8. The van der Waals surface area contributed by atoms with E-state index in [1.54, 1.807) is 19.1 Å². The Morgan fingerprint density at radius 3 is 2.52 bits per heavy atom. The number of hydrogen-bond acceptors (Lipinski definition) is 5. The lowest BCUT2D eigenvalue weighted by molar-refractivity contribution is -0.155. The monoisotopic (exact) mass is 373 g/mol. The lowest BCUT2D eigenvalue weighted by Crippen LogP contribution is -2.46. The molecule has 8 heteroatoms. The van der Waals surface area contributed by atoms with Crippen molar-refractivity contribution in [1.29, 1.82) is 0 Å².